The van der Waals surface area contributed by atoms with Crippen LogP contribution in [-0.4, -0.2) is 19.4 Å². The average Bonchev–Trinajstić information content (AvgIpc) is 1.93. The average molecular weight is 157 g/mol. The van der Waals surface area contributed by atoms with E-state index in [0.717, 1.165) is 25.5 Å². The normalized spacial score (nSPS) is 32.7. The Bertz CT molecular complexity index is 106. The summed E-state index contributed by atoms with van der Waals surface area (Å²) in [4.78, 5) is 0. The molecule has 1 aliphatic heterocycles. The molecule has 1 rings (SSSR count). The molecular weight excluding hydrogens is 138 g/mol. The SMILES string of the molecule is CC(C)CC1NCC(C)CO1. The molecule has 0 radical (unpaired) electrons. The van der Waals surface area contributed by atoms with Crippen LogP contribution in [0.5, 0.6) is 0 Å². The second-order valence-electron chi connectivity index (χ2n) is 3.96. The molecule has 1 fully saturated rings. The topological polar surface area (TPSA) is 21.3 Å². The van der Waals surface area contributed by atoms with Crippen LogP contribution in [-0.2, 0) is 4.74 Å². The molecule has 0 aromatic heterocycles. The van der Waals surface area contributed by atoms with E-state index in [9.17, 15) is 0 Å². The molecule has 1 heterocycles. The van der Waals surface area contributed by atoms with Crippen LogP contribution in [0, 0.1) is 11.8 Å². The molecular formula is C9H19NO. The van der Waals surface area contributed by atoms with Gasteiger partial charge in [0, 0.05) is 6.54 Å². The first-order valence-corrected chi connectivity index (χ1v) is 4.53. The summed E-state index contributed by atoms with van der Waals surface area (Å²) in [5, 5.41) is 3.38. The fraction of sp³-hybridized carbons (Fsp3) is 1.00. The van der Waals surface area contributed by atoms with Crippen LogP contribution in [0.2, 0.25) is 0 Å². The largest absolute Gasteiger partial charge is 0.363 e. The van der Waals surface area contributed by atoms with E-state index in [0.29, 0.717) is 12.1 Å². The van der Waals surface area contributed by atoms with E-state index < -0.39 is 0 Å². The van der Waals surface area contributed by atoms with Crippen molar-refractivity contribution in [1.29, 1.82) is 0 Å². The fourth-order valence-electron chi connectivity index (χ4n) is 1.31. The number of hydrogen-bond donors (Lipinski definition) is 1. The summed E-state index contributed by atoms with van der Waals surface area (Å²) in [5.74, 6) is 1.40. The lowest BCUT2D eigenvalue weighted by molar-refractivity contribution is -0.0337. The van der Waals surface area contributed by atoms with Crippen molar-refractivity contribution in [3.63, 3.8) is 0 Å². The molecule has 0 bridgehead atoms. The van der Waals surface area contributed by atoms with Gasteiger partial charge in [0.15, 0.2) is 0 Å². The van der Waals surface area contributed by atoms with Crippen LogP contribution < -0.4 is 5.32 Å². The number of ether oxygens (including phenoxy) is 1. The van der Waals surface area contributed by atoms with Crippen molar-refractivity contribution >= 4 is 0 Å². The highest BCUT2D eigenvalue weighted by molar-refractivity contribution is 4.67. The molecule has 0 aromatic carbocycles. The van der Waals surface area contributed by atoms with Gasteiger partial charge < -0.3 is 4.74 Å². The molecule has 1 saturated heterocycles. The highest BCUT2D eigenvalue weighted by Gasteiger charge is 2.17. The lowest BCUT2D eigenvalue weighted by Gasteiger charge is -2.29. The van der Waals surface area contributed by atoms with Gasteiger partial charge in [-0.15, -0.1) is 0 Å². The molecule has 1 N–H and O–H groups in total. The van der Waals surface area contributed by atoms with Gasteiger partial charge in [0.25, 0.3) is 0 Å². The molecule has 0 aliphatic carbocycles. The van der Waals surface area contributed by atoms with Crippen molar-refractivity contribution in [3.8, 4) is 0 Å². The smallest absolute Gasteiger partial charge is 0.108 e. The molecule has 0 aromatic rings. The van der Waals surface area contributed by atoms with E-state index in [-0.39, 0.29) is 0 Å². The molecule has 0 amide bonds. The standard InChI is InChI=1S/C9H19NO/c1-7(2)4-9-10-5-8(3)6-11-9/h7-10H,4-6H2,1-3H3. The Morgan fingerprint density at radius 3 is 2.73 bits per heavy atom. The van der Waals surface area contributed by atoms with Gasteiger partial charge in [-0.2, -0.15) is 0 Å². The molecule has 2 atom stereocenters. The zero-order valence-electron chi connectivity index (χ0n) is 7.76. The van der Waals surface area contributed by atoms with Crippen molar-refractivity contribution in [2.75, 3.05) is 13.2 Å². The fourth-order valence-corrected chi connectivity index (χ4v) is 1.31. The molecule has 0 spiro atoms. The third-order valence-electron chi connectivity index (χ3n) is 1.96. The summed E-state index contributed by atoms with van der Waals surface area (Å²) in [5.41, 5.74) is 0. The summed E-state index contributed by atoms with van der Waals surface area (Å²) in [7, 11) is 0. The summed E-state index contributed by atoms with van der Waals surface area (Å²) in [6.45, 7) is 8.69. The maximum Gasteiger partial charge on any atom is 0.108 e. The highest BCUT2D eigenvalue weighted by Crippen LogP contribution is 2.11. The summed E-state index contributed by atoms with van der Waals surface area (Å²) >= 11 is 0. The molecule has 2 heteroatoms. The van der Waals surface area contributed by atoms with Gasteiger partial charge in [-0.3, -0.25) is 5.32 Å². The van der Waals surface area contributed by atoms with Crippen LogP contribution >= 0.6 is 0 Å². The van der Waals surface area contributed by atoms with Gasteiger partial charge in [-0.25, -0.2) is 0 Å². The minimum Gasteiger partial charge on any atom is -0.363 e. The Hall–Kier alpha value is -0.0800. The molecule has 11 heavy (non-hydrogen) atoms. The first-order valence-electron chi connectivity index (χ1n) is 4.53. The van der Waals surface area contributed by atoms with Gasteiger partial charge in [0.2, 0.25) is 0 Å². The summed E-state index contributed by atoms with van der Waals surface area (Å²) in [6, 6.07) is 0. The van der Waals surface area contributed by atoms with E-state index in [1.165, 1.54) is 0 Å². The van der Waals surface area contributed by atoms with Gasteiger partial charge in [0.1, 0.15) is 6.23 Å². The monoisotopic (exact) mass is 157 g/mol. The Balaban J connectivity index is 2.17. The number of nitrogens with one attached hydrogen (secondary N) is 1. The zero-order chi connectivity index (χ0) is 8.27. The van der Waals surface area contributed by atoms with Crippen molar-refractivity contribution in [1.82, 2.24) is 5.32 Å². The first-order chi connectivity index (χ1) is 5.18. The molecule has 2 unspecified atom stereocenters. The molecule has 66 valence electrons. The van der Waals surface area contributed by atoms with E-state index >= 15 is 0 Å². The zero-order valence-corrected chi connectivity index (χ0v) is 7.76. The van der Waals surface area contributed by atoms with Crippen LogP contribution in [0.15, 0.2) is 0 Å². The highest BCUT2D eigenvalue weighted by atomic mass is 16.5. The van der Waals surface area contributed by atoms with Crippen LogP contribution in [0.3, 0.4) is 0 Å². The third-order valence-corrected chi connectivity index (χ3v) is 1.96. The van der Waals surface area contributed by atoms with Gasteiger partial charge >= 0.3 is 0 Å². The van der Waals surface area contributed by atoms with Crippen molar-refractivity contribution in [2.24, 2.45) is 11.8 Å². The van der Waals surface area contributed by atoms with Crippen molar-refractivity contribution < 1.29 is 4.74 Å². The summed E-state index contributed by atoms with van der Waals surface area (Å²) < 4.78 is 5.59. The Kier molecular flexibility index (Phi) is 3.34. The maximum atomic E-state index is 5.59. The number of hydrogen-bond acceptors (Lipinski definition) is 2. The lowest BCUT2D eigenvalue weighted by Crippen LogP contribution is -2.43. The minimum atomic E-state index is 0.311. The number of rotatable bonds is 2. The van der Waals surface area contributed by atoms with Gasteiger partial charge in [0.05, 0.1) is 6.61 Å². The van der Waals surface area contributed by atoms with Crippen molar-refractivity contribution in [3.05, 3.63) is 0 Å². The Morgan fingerprint density at radius 2 is 2.27 bits per heavy atom. The van der Waals surface area contributed by atoms with Crippen LogP contribution in [0.1, 0.15) is 27.2 Å². The van der Waals surface area contributed by atoms with Gasteiger partial charge in [-0.1, -0.05) is 20.8 Å². The predicted molar refractivity (Wildman–Crippen MR) is 46.4 cm³/mol. The van der Waals surface area contributed by atoms with Crippen LogP contribution in [0.25, 0.3) is 0 Å². The van der Waals surface area contributed by atoms with Crippen molar-refractivity contribution in [2.45, 2.75) is 33.4 Å². The quantitative estimate of drug-likeness (QED) is 0.657. The van der Waals surface area contributed by atoms with E-state index in [2.05, 4.69) is 26.1 Å². The van der Waals surface area contributed by atoms with Crippen LogP contribution in [0.4, 0.5) is 0 Å². The second kappa shape index (κ2) is 4.07. The van der Waals surface area contributed by atoms with E-state index in [1.807, 2.05) is 0 Å². The minimum absolute atomic E-state index is 0.311. The third kappa shape index (κ3) is 3.21. The summed E-state index contributed by atoms with van der Waals surface area (Å²) in [6.07, 6.45) is 1.44. The van der Waals surface area contributed by atoms with E-state index in [4.69, 9.17) is 4.74 Å². The Morgan fingerprint density at radius 1 is 1.55 bits per heavy atom. The van der Waals surface area contributed by atoms with E-state index in [1.54, 1.807) is 0 Å². The predicted octanol–water partition coefficient (Wildman–Crippen LogP) is 1.61. The molecule has 1 aliphatic rings. The maximum absolute atomic E-state index is 5.59. The first kappa shape index (κ1) is 9.01. The Labute approximate surface area is 69.3 Å². The lowest BCUT2D eigenvalue weighted by atomic mass is 10.1. The molecule has 0 saturated carbocycles. The van der Waals surface area contributed by atoms with Gasteiger partial charge in [-0.05, 0) is 18.3 Å². The molecule has 2 nitrogen and oxygen atoms in total. The second-order valence-corrected chi connectivity index (χ2v) is 3.96.